The van der Waals surface area contributed by atoms with Crippen LogP contribution in [0.3, 0.4) is 0 Å². The Kier molecular flexibility index (Phi) is 5.79. The molecule has 3 rings (SSSR count). The van der Waals surface area contributed by atoms with Crippen molar-refractivity contribution in [3.05, 3.63) is 52.2 Å². The highest BCUT2D eigenvalue weighted by Gasteiger charge is 2.27. The number of carbonyl (C=O) groups excluding carboxylic acids is 1. The van der Waals surface area contributed by atoms with Gasteiger partial charge in [-0.05, 0) is 61.9 Å². The fraction of sp³-hybridized carbons (Fsp3) is 0.409. The summed E-state index contributed by atoms with van der Waals surface area (Å²) in [6.07, 6.45) is 5.78. The molecule has 0 aliphatic heterocycles. The van der Waals surface area contributed by atoms with Crippen LogP contribution in [-0.4, -0.2) is 25.0 Å². The number of aryl methyl sites for hydroxylation is 1. The van der Waals surface area contributed by atoms with Crippen molar-refractivity contribution in [3.8, 4) is 0 Å². The molecule has 28 heavy (non-hydrogen) atoms. The highest BCUT2D eigenvalue weighted by molar-refractivity contribution is 7.90. The first-order chi connectivity index (χ1) is 13.2. The molecule has 0 spiro atoms. The molecule has 0 fully saturated rings. The molecule has 1 aromatic heterocycles. The first-order valence-corrected chi connectivity index (χ1v) is 11.1. The molecule has 0 saturated carbocycles. The van der Waals surface area contributed by atoms with Crippen molar-refractivity contribution in [2.45, 2.75) is 45.4 Å². The van der Waals surface area contributed by atoms with Gasteiger partial charge in [-0.3, -0.25) is 0 Å². The van der Waals surface area contributed by atoms with Gasteiger partial charge < -0.3 is 4.74 Å². The second-order valence-electron chi connectivity index (χ2n) is 7.67. The molecule has 0 radical (unpaired) electrons. The Morgan fingerprint density at radius 2 is 1.93 bits per heavy atom. The van der Waals surface area contributed by atoms with Crippen LogP contribution >= 0.6 is 0 Å². The molecule has 0 saturated heterocycles. The normalized spacial score (nSPS) is 16.2. The largest absolute Gasteiger partial charge is 0.461 e. The third kappa shape index (κ3) is 3.92. The molecule has 1 aromatic carbocycles. The maximum Gasteiger partial charge on any atom is 0.356 e. The maximum atomic E-state index is 13.4. The van der Waals surface area contributed by atoms with Gasteiger partial charge in [0, 0.05) is 0 Å². The van der Waals surface area contributed by atoms with Crippen molar-refractivity contribution in [1.82, 2.24) is 3.97 Å². The minimum atomic E-state index is -3.92. The predicted molar refractivity (Wildman–Crippen MR) is 110 cm³/mol. The van der Waals surface area contributed by atoms with Crippen LogP contribution in [0.4, 0.5) is 0 Å². The number of aromatic nitrogens is 1. The van der Waals surface area contributed by atoms with E-state index in [1.54, 1.807) is 37.3 Å². The molecule has 0 N–H and O–H groups in total. The standard InChI is InChI=1S/C22H27NO4S/c1-5-27-22(24)21-14-18-13-17(12-15(2)3)8-11-20(18)23(21)28(25,26)19-9-6-16(4)7-10-19/h6-7,9-11,13-15,17H,5,8,12H2,1-4H3. The minimum Gasteiger partial charge on any atom is -0.461 e. The van der Waals surface area contributed by atoms with E-state index in [1.165, 1.54) is 0 Å². The van der Waals surface area contributed by atoms with Crippen LogP contribution < -0.4 is 10.6 Å². The van der Waals surface area contributed by atoms with Gasteiger partial charge in [-0.1, -0.05) is 43.7 Å². The van der Waals surface area contributed by atoms with Crippen LogP contribution in [-0.2, 0) is 14.8 Å². The topological polar surface area (TPSA) is 65.4 Å². The van der Waals surface area contributed by atoms with E-state index in [0.717, 1.165) is 27.6 Å². The van der Waals surface area contributed by atoms with E-state index in [-0.39, 0.29) is 17.2 Å². The van der Waals surface area contributed by atoms with E-state index in [9.17, 15) is 13.2 Å². The van der Waals surface area contributed by atoms with Crippen LogP contribution in [0.5, 0.6) is 0 Å². The van der Waals surface area contributed by atoms with Crippen molar-refractivity contribution in [3.63, 3.8) is 0 Å². The smallest absolute Gasteiger partial charge is 0.356 e. The van der Waals surface area contributed by atoms with E-state index < -0.39 is 16.0 Å². The lowest BCUT2D eigenvalue weighted by Gasteiger charge is -2.16. The molecule has 5 nitrogen and oxygen atoms in total. The lowest BCUT2D eigenvalue weighted by atomic mass is 9.91. The third-order valence-electron chi connectivity index (χ3n) is 4.87. The van der Waals surface area contributed by atoms with Crippen molar-refractivity contribution in [1.29, 1.82) is 0 Å². The van der Waals surface area contributed by atoms with Gasteiger partial charge >= 0.3 is 5.97 Å². The van der Waals surface area contributed by atoms with E-state index >= 15 is 0 Å². The quantitative estimate of drug-likeness (QED) is 0.698. The average Bonchev–Trinajstić information content (AvgIpc) is 3.01. The number of esters is 1. The number of ether oxygens (including phenoxy) is 1. The zero-order valence-electron chi connectivity index (χ0n) is 16.8. The Hall–Kier alpha value is -2.34. The molecule has 0 bridgehead atoms. The number of nitrogens with zero attached hydrogens (tertiary/aromatic N) is 1. The Bertz CT molecular complexity index is 1090. The van der Waals surface area contributed by atoms with Gasteiger partial charge in [0.25, 0.3) is 10.0 Å². The van der Waals surface area contributed by atoms with Gasteiger partial charge in [0.15, 0.2) is 0 Å². The lowest BCUT2D eigenvalue weighted by Crippen LogP contribution is -2.37. The van der Waals surface area contributed by atoms with Crippen LogP contribution in [0.25, 0.3) is 12.2 Å². The second-order valence-corrected chi connectivity index (χ2v) is 9.46. The van der Waals surface area contributed by atoms with Crippen LogP contribution in [0.2, 0.25) is 0 Å². The molecule has 1 aliphatic carbocycles. The highest BCUT2D eigenvalue weighted by Crippen LogP contribution is 2.21. The van der Waals surface area contributed by atoms with Crippen molar-refractivity contribution in [2.24, 2.45) is 11.8 Å². The highest BCUT2D eigenvalue weighted by atomic mass is 32.2. The maximum absolute atomic E-state index is 13.4. The molecule has 2 aromatic rings. The van der Waals surface area contributed by atoms with Gasteiger partial charge in [-0.15, -0.1) is 0 Å². The molecule has 6 heteroatoms. The SMILES string of the molecule is CCOC(=O)c1cc2c(n1S(=O)(=O)c1ccc(C)cc1)=CCC(CC(C)C)C=2. The summed E-state index contributed by atoms with van der Waals surface area (Å²) < 4.78 is 33.1. The summed E-state index contributed by atoms with van der Waals surface area (Å²) in [7, 11) is -3.92. The Morgan fingerprint density at radius 3 is 2.54 bits per heavy atom. The number of hydrogen-bond donors (Lipinski definition) is 0. The van der Waals surface area contributed by atoms with Gasteiger partial charge in [0.2, 0.25) is 0 Å². The summed E-state index contributed by atoms with van der Waals surface area (Å²) in [4.78, 5) is 12.7. The van der Waals surface area contributed by atoms with Crippen LogP contribution in [0.15, 0.2) is 35.2 Å². The van der Waals surface area contributed by atoms with E-state index in [4.69, 9.17) is 4.74 Å². The summed E-state index contributed by atoms with van der Waals surface area (Å²) in [6, 6.07) is 8.28. The zero-order valence-corrected chi connectivity index (χ0v) is 17.6. The first-order valence-electron chi connectivity index (χ1n) is 9.67. The van der Waals surface area contributed by atoms with E-state index in [2.05, 4.69) is 19.9 Å². The summed E-state index contributed by atoms with van der Waals surface area (Å²) in [5, 5.41) is 1.32. The lowest BCUT2D eigenvalue weighted by molar-refractivity contribution is 0.0518. The van der Waals surface area contributed by atoms with Gasteiger partial charge in [-0.2, -0.15) is 0 Å². The summed E-state index contributed by atoms with van der Waals surface area (Å²) in [6.45, 7) is 8.12. The number of hydrogen-bond acceptors (Lipinski definition) is 4. The summed E-state index contributed by atoms with van der Waals surface area (Å²) >= 11 is 0. The zero-order chi connectivity index (χ0) is 20.5. The monoisotopic (exact) mass is 401 g/mol. The second kappa shape index (κ2) is 7.95. The van der Waals surface area contributed by atoms with Crippen molar-refractivity contribution < 1.29 is 17.9 Å². The van der Waals surface area contributed by atoms with Gasteiger partial charge in [0.05, 0.1) is 16.9 Å². The van der Waals surface area contributed by atoms with E-state index in [1.807, 2.05) is 13.0 Å². The molecular formula is C22H27NO4S. The Balaban J connectivity index is 2.22. The Morgan fingerprint density at radius 1 is 1.25 bits per heavy atom. The van der Waals surface area contributed by atoms with Gasteiger partial charge in [-0.25, -0.2) is 17.2 Å². The third-order valence-corrected chi connectivity index (χ3v) is 6.61. The molecule has 1 aliphatic rings. The van der Waals surface area contributed by atoms with Crippen LogP contribution in [0.1, 0.15) is 49.7 Å². The molecular weight excluding hydrogens is 374 g/mol. The van der Waals surface area contributed by atoms with E-state index in [0.29, 0.717) is 17.2 Å². The summed E-state index contributed by atoms with van der Waals surface area (Å²) in [5.41, 5.74) is 1.01. The first kappa shape index (κ1) is 20.4. The van der Waals surface area contributed by atoms with Gasteiger partial charge in [0.1, 0.15) is 5.69 Å². The molecule has 1 unspecified atom stereocenters. The van der Waals surface area contributed by atoms with Crippen LogP contribution in [0, 0.1) is 18.8 Å². The minimum absolute atomic E-state index is 0.0464. The number of fused-ring (bicyclic) bond motifs is 1. The Labute approximate surface area is 166 Å². The van der Waals surface area contributed by atoms with Crippen molar-refractivity contribution >= 4 is 28.1 Å². The molecule has 150 valence electrons. The summed E-state index contributed by atoms with van der Waals surface area (Å²) in [5.74, 6) is 0.245. The number of benzene rings is 1. The number of rotatable bonds is 6. The molecule has 0 amide bonds. The number of carbonyl (C=O) groups is 1. The molecule has 1 atom stereocenters. The predicted octanol–water partition coefficient (Wildman–Crippen LogP) is 2.84. The fourth-order valence-corrected chi connectivity index (χ4v) is 5.15. The fourth-order valence-electron chi connectivity index (χ4n) is 3.64. The average molecular weight is 402 g/mol. The van der Waals surface area contributed by atoms with Crippen molar-refractivity contribution in [2.75, 3.05) is 6.61 Å². The molecule has 1 heterocycles.